The second kappa shape index (κ2) is 6.06. The van der Waals surface area contributed by atoms with Crippen LogP contribution < -0.4 is 5.73 Å². The average Bonchev–Trinajstić information content (AvgIpc) is 2.39. The molecule has 0 aliphatic carbocycles. The first-order valence-corrected chi connectivity index (χ1v) is 6.93. The summed E-state index contributed by atoms with van der Waals surface area (Å²) in [5.74, 6) is -3.71. The lowest BCUT2D eigenvalue weighted by molar-refractivity contribution is -0.140. The van der Waals surface area contributed by atoms with Gasteiger partial charge in [0, 0.05) is 29.7 Å². The fraction of sp³-hybridized carbons (Fsp3) is 0.500. The van der Waals surface area contributed by atoms with Crippen molar-refractivity contribution < 1.29 is 13.6 Å². The van der Waals surface area contributed by atoms with E-state index in [2.05, 4.69) is 0 Å². The van der Waals surface area contributed by atoms with E-state index in [4.69, 9.17) is 17.3 Å². The number of alkyl halides is 2. The summed E-state index contributed by atoms with van der Waals surface area (Å²) >= 11 is 5.67. The van der Waals surface area contributed by atoms with Gasteiger partial charge in [0.25, 0.3) is 5.92 Å². The Morgan fingerprint density at radius 1 is 1.30 bits per heavy atom. The first-order valence-electron chi connectivity index (χ1n) is 6.56. The van der Waals surface area contributed by atoms with E-state index in [1.54, 1.807) is 0 Å². The minimum absolute atomic E-state index is 0.0656. The van der Waals surface area contributed by atoms with E-state index in [0.717, 1.165) is 0 Å². The van der Waals surface area contributed by atoms with Crippen LogP contribution in [0.1, 0.15) is 24.8 Å². The number of likely N-dealkylation sites (tertiary alicyclic amines) is 1. The summed E-state index contributed by atoms with van der Waals surface area (Å²) in [5.41, 5.74) is 5.54. The molecular weight excluding hydrogens is 286 g/mol. The molecule has 0 saturated carbocycles. The lowest BCUT2D eigenvalue weighted by Gasteiger charge is -2.31. The number of halogens is 3. The largest absolute Gasteiger partial charge is 0.342 e. The van der Waals surface area contributed by atoms with Crippen LogP contribution in [-0.4, -0.2) is 29.9 Å². The Bertz CT molecular complexity index is 471. The summed E-state index contributed by atoms with van der Waals surface area (Å²) in [7, 11) is 0. The number of nitrogens with two attached hydrogens (primary N) is 1. The highest BCUT2D eigenvalue weighted by atomic mass is 35.5. The van der Waals surface area contributed by atoms with E-state index in [9.17, 15) is 13.6 Å². The van der Waals surface area contributed by atoms with E-state index in [1.165, 1.54) is 29.2 Å². The number of piperidine rings is 1. The highest BCUT2D eigenvalue weighted by Crippen LogP contribution is 2.33. The fourth-order valence-electron chi connectivity index (χ4n) is 2.25. The molecule has 1 aliphatic heterocycles. The maximum Gasteiger partial charge on any atom is 0.281 e. The Balaban J connectivity index is 2.00. The van der Waals surface area contributed by atoms with Gasteiger partial charge in [-0.3, -0.25) is 4.79 Å². The molecular formula is C14H17ClF2N2O. The summed E-state index contributed by atoms with van der Waals surface area (Å²) < 4.78 is 28.1. The van der Waals surface area contributed by atoms with Crippen LogP contribution in [0.2, 0.25) is 5.02 Å². The van der Waals surface area contributed by atoms with Crippen LogP contribution in [0.5, 0.6) is 0 Å². The molecule has 2 rings (SSSR count). The van der Waals surface area contributed by atoms with Crippen LogP contribution >= 0.6 is 11.6 Å². The highest BCUT2D eigenvalue weighted by molar-refractivity contribution is 6.30. The molecule has 1 aliphatic rings. The first kappa shape index (κ1) is 15.2. The SMILES string of the molecule is NC1CCN(C(=O)CC(F)(F)c2ccc(Cl)cc2)CC1. The molecule has 1 fully saturated rings. The third kappa shape index (κ3) is 3.67. The molecule has 0 atom stereocenters. The molecule has 1 heterocycles. The van der Waals surface area contributed by atoms with E-state index in [1.807, 2.05) is 0 Å². The molecule has 20 heavy (non-hydrogen) atoms. The van der Waals surface area contributed by atoms with E-state index < -0.39 is 18.3 Å². The van der Waals surface area contributed by atoms with Crippen molar-refractivity contribution >= 4 is 17.5 Å². The molecule has 1 amide bonds. The number of rotatable bonds is 3. The van der Waals surface area contributed by atoms with Crippen molar-refractivity contribution in [3.63, 3.8) is 0 Å². The average molecular weight is 303 g/mol. The van der Waals surface area contributed by atoms with Gasteiger partial charge in [-0.05, 0) is 25.0 Å². The zero-order valence-corrected chi connectivity index (χ0v) is 11.7. The Morgan fingerprint density at radius 3 is 2.40 bits per heavy atom. The summed E-state index contributed by atoms with van der Waals surface area (Å²) in [6, 6.07) is 5.37. The van der Waals surface area contributed by atoms with Crippen molar-refractivity contribution in [2.24, 2.45) is 5.73 Å². The van der Waals surface area contributed by atoms with Gasteiger partial charge in [-0.25, -0.2) is 8.78 Å². The monoisotopic (exact) mass is 302 g/mol. The molecule has 2 N–H and O–H groups in total. The predicted octanol–water partition coefficient (Wildman–Crippen LogP) is 2.77. The lowest BCUT2D eigenvalue weighted by Crippen LogP contribution is -2.44. The molecule has 110 valence electrons. The number of benzene rings is 1. The van der Waals surface area contributed by atoms with Crippen molar-refractivity contribution in [2.45, 2.75) is 31.2 Å². The number of hydrogen-bond acceptors (Lipinski definition) is 2. The van der Waals surface area contributed by atoms with Crippen LogP contribution in [0, 0.1) is 0 Å². The minimum Gasteiger partial charge on any atom is -0.342 e. The van der Waals surface area contributed by atoms with Gasteiger partial charge in [-0.2, -0.15) is 0 Å². The lowest BCUT2D eigenvalue weighted by atomic mass is 10.0. The van der Waals surface area contributed by atoms with Crippen LogP contribution in [-0.2, 0) is 10.7 Å². The molecule has 0 bridgehead atoms. The molecule has 3 nitrogen and oxygen atoms in total. The minimum atomic E-state index is -3.18. The summed E-state index contributed by atoms with van der Waals surface area (Å²) in [4.78, 5) is 13.4. The maximum absolute atomic E-state index is 14.1. The smallest absolute Gasteiger partial charge is 0.281 e. The second-order valence-electron chi connectivity index (χ2n) is 5.11. The van der Waals surface area contributed by atoms with Crippen molar-refractivity contribution in [3.8, 4) is 0 Å². The van der Waals surface area contributed by atoms with Crippen molar-refractivity contribution in [1.29, 1.82) is 0 Å². The third-order valence-electron chi connectivity index (χ3n) is 3.53. The summed E-state index contributed by atoms with van der Waals surface area (Å²) in [5, 5.41) is 0.390. The molecule has 1 aromatic rings. The number of carbonyl (C=O) groups excluding carboxylic acids is 1. The van der Waals surface area contributed by atoms with Crippen molar-refractivity contribution in [3.05, 3.63) is 34.9 Å². The Labute approximate surface area is 121 Å². The van der Waals surface area contributed by atoms with E-state index >= 15 is 0 Å². The Morgan fingerprint density at radius 2 is 1.85 bits per heavy atom. The molecule has 6 heteroatoms. The Kier molecular flexibility index (Phi) is 4.60. The topological polar surface area (TPSA) is 46.3 Å². The van der Waals surface area contributed by atoms with Gasteiger partial charge >= 0.3 is 0 Å². The zero-order valence-electron chi connectivity index (χ0n) is 11.0. The normalized spacial score (nSPS) is 17.3. The quantitative estimate of drug-likeness (QED) is 0.933. The number of hydrogen-bond donors (Lipinski definition) is 1. The highest BCUT2D eigenvalue weighted by Gasteiger charge is 2.36. The van der Waals surface area contributed by atoms with Gasteiger partial charge in [0.15, 0.2) is 0 Å². The number of nitrogens with zero attached hydrogens (tertiary/aromatic N) is 1. The molecule has 1 saturated heterocycles. The standard InChI is InChI=1S/C14H17ClF2N2O/c15-11-3-1-10(2-4-11)14(16,17)9-13(20)19-7-5-12(18)6-8-19/h1-4,12H,5-9,18H2. The summed E-state index contributed by atoms with van der Waals surface area (Å²) in [6.07, 6.45) is 0.514. The van der Waals surface area contributed by atoms with Gasteiger partial charge in [0.2, 0.25) is 5.91 Å². The van der Waals surface area contributed by atoms with Gasteiger partial charge in [-0.15, -0.1) is 0 Å². The van der Waals surface area contributed by atoms with Crippen LogP contribution in [0.15, 0.2) is 24.3 Å². The number of carbonyl (C=O) groups is 1. The van der Waals surface area contributed by atoms with E-state index in [-0.39, 0.29) is 11.6 Å². The zero-order chi connectivity index (χ0) is 14.8. The van der Waals surface area contributed by atoms with Gasteiger partial charge in [0.05, 0.1) is 6.42 Å². The number of amides is 1. The third-order valence-corrected chi connectivity index (χ3v) is 3.78. The van der Waals surface area contributed by atoms with Crippen LogP contribution in [0.25, 0.3) is 0 Å². The predicted molar refractivity (Wildman–Crippen MR) is 73.8 cm³/mol. The molecule has 0 unspecified atom stereocenters. The first-order chi connectivity index (χ1) is 9.38. The molecule has 0 radical (unpaired) electrons. The van der Waals surface area contributed by atoms with E-state index in [0.29, 0.717) is 31.0 Å². The fourth-order valence-corrected chi connectivity index (χ4v) is 2.37. The Hall–Kier alpha value is -1.20. The maximum atomic E-state index is 14.1. The van der Waals surface area contributed by atoms with Gasteiger partial charge < -0.3 is 10.6 Å². The van der Waals surface area contributed by atoms with Crippen molar-refractivity contribution in [2.75, 3.05) is 13.1 Å². The van der Waals surface area contributed by atoms with Crippen LogP contribution in [0.4, 0.5) is 8.78 Å². The molecule has 0 spiro atoms. The van der Waals surface area contributed by atoms with Gasteiger partial charge in [-0.1, -0.05) is 23.7 Å². The summed E-state index contributed by atoms with van der Waals surface area (Å²) in [6.45, 7) is 0.910. The second-order valence-corrected chi connectivity index (χ2v) is 5.54. The van der Waals surface area contributed by atoms with Crippen molar-refractivity contribution in [1.82, 2.24) is 4.90 Å². The van der Waals surface area contributed by atoms with Crippen LogP contribution in [0.3, 0.4) is 0 Å². The molecule has 1 aromatic carbocycles. The van der Waals surface area contributed by atoms with Gasteiger partial charge in [0.1, 0.15) is 0 Å². The molecule has 0 aromatic heterocycles.